The van der Waals surface area contributed by atoms with Crippen molar-refractivity contribution in [3.05, 3.63) is 6.07 Å². The standard InChI is InChI=1S/C9H13N5O3S/c1-14-7(17-2)3-6(13-14)12-9(16)8(15)11-4-5(10)18/h3H,4H2,1-2H3,(H2,10,18)(H,11,15)(H,12,13,16). The molecule has 0 aliphatic carbocycles. The number of carbonyl (C=O) groups is 2. The van der Waals surface area contributed by atoms with E-state index in [0.717, 1.165) is 0 Å². The van der Waals surface area contributed by atoms with Gasteiger partial charge in [-0.05, 0) is 0 Å². The van der Waals surface area contributed by atoms with Gasteiger partial charge in [-0.3, -0.25) is 9.59 Å². The second-order valence-electron chi connectivity index (χ2n) is 3.30. The molecule has 1 heterocycles. The van der Waals surface area contributed by atoms with Gasteiger partial charge in [-0.25, -0.2) is 4.68 Å². The third-order valence-electron chi connectivity index (χ3n) is 1.92. The highest BCUT2D eigenvalue weighted by Crippen LogP contribution is 2.14. The van der Waals surface area contributed by atoms with E-state index in [1.807, 2.05) is 0 Å². The summed E-state index contributed by atoms with van der Waals surface area (Å²) in [4.78, 5) is 22.8. The van der Waals surface area contributed by atoms with Crippen molar-refractivity contribution >= 4 is 34.8 Å². The van der Waals surface area contributed by atoms with Crippen molar-refractivity contribution in [1.82, 2.24) is 15.1 Å². The van der Waals surface area contributed by atoms with E-state index < -0.39 is 11.8 Å². The molecule has 8 nitrogen and oxygen atoms in total. The number of thiocarbonyl (C=S) groups is 1. The quantitative estimate of drug-likeness (QED) is 0.467. The van der Waals surface area contributed by atoms with Crippen LogP contribution in [0.4, 0.5) is 5.82 Å². The molecule has 4 N–H and O–H groups in total. The number of hydrogen-bond donors (Lipinski definition) is 3. The van der Waals surface area contributed by atoms with Gasteiger partial charge < -0.3 is 21.1 Å². The predicted molar refractivity (Wildman–Crippen MR) is 68.2 cm³/mol. The van der Waals surface area contributed by atoms with E-state index in [1.165, 1.54) is 17.9 Å². The van der Waals surface area contributed by atoms with Crippen molar-refractivity contribution in [3.63, 3.8) is 0 Å². The maximum Gasteiger partial charge on any atom is 0.314 e. The van der Waals surface area contributed by atoms with Crippen molar-refractivity contribution in [3.8, 4) is 5.88 Å². The fourth-order valence-electron chi connectivity index (χ4n) is 1.12. The van der Waals surface area contributed by atoms with Gasteiger partial charge in [-0.15, -0.1) is 0 Å². The molecular weight excluding hydrogens is 258 g/mol. The Balaban J connectivity index is 2.58. The lowest BCUT2D eigenvalue weighted by atomic mass is 10.5. The molecule has 0 unspecified atom stereocenters. The first-order chi connectivity index (χ1) is 8.43. The van der Waals surface area contributed by atoms with E-state index in [9.17, 15) is 9.59 Å². The zero-order chi connectivity index (χ0) is 13.7. The molecule has 0 aromatic carbocycles. The Morgan fingerprint density at radius 2 is 2.22 bits per heavy atom. The Kier molecular flexibility index (Phi) is 4.60. The van der Waals surface area contributed by atoms with Gasteiger partial charge in [-0.2, -0.15) is 5.10 Å². The molecule has 1 aromatic heterocycles. The van der Waals surface area contributed by atoms with Gasteiger partial charge in [0.05, 0.1) is 18.6 Å². The second kappa shape index (κ2) is 5.96. The SMILES string of the molecule is COc1cc(NC(=O)C(=O)NCC(N)=S)nn1C. The molecule has 0 radical (unpaired) electrons. The first-order valence-corrected chi connectivity index (χ1v) is 5.30. The molecule has 0 saturated carbocycles. The number of carbonyl (C=O) groups excluding carboxylic acids is 2. The summed E-state index contributed by atoms with van der Waals surface area (Å²) in [7, 11) is 3.11. The molecule has 1 aromatic rings. The summed E-state index contributed by atoms with van der Waals surface area (Å²) in [6, 6.07) is 1.48. The number of methoxy groups -OCH3 is 1. The van der Waals surface area contributed by atoms with Crippen LogP contribution in [0.25, 0.3) is 0 Å². The van der Waals surface area contributed by atoms with Crippen LogP contribution in [0.3, 0.4) is 0 Å². The van der Waals surface area contributed by atoms with Gasteiger partial charge in [0.2, 0.25) is 5.88 Å². The Hall–Kier alpha value is -2.16. The lowest BCUT2D eigenvalue weighted by Gasteiger charge is -2.02. The summed E-state index contributed by atoms with van der Waals surface area (Å²) < 4.78 is 6.38. The molecule has 2 amide bonds. The summed E-state index contributed by atoms with van der Waals surface area (Å²) in [5.41, 5.74) is 5.19. The van der Waals surface area contributed by atoms with Crippen molar-refractivity contribution < 1.29 is 14.3 Å². The van der Waals surface area contributed by atoms with Crippen LogP contribution in [-0.4, -0.2) is 40.2 Å². The van der Waals surface area contributed by atoms with E-state index in [2.05, 4.69) is 28.0 Å². The third-order valence-corrected chi connectivity index (χ3v) is 2.06. The van der Waals surface area contributed by atoms with Crippen LogP contribution in [0.5, 0.6) is 5.88 Å². The lowest BCUT2D eigenvalue weighted by molar-refractivity contribution is -0.136. The summed E-state index contributed by atoms with van der Waals surface area (Å²) in [6.07, 6.45) is 0. The number of nitrogens with two attached hydrogens (primary N) is 1. The maximum absolute atomic E-state index is 11.4. The highest BCUT2D eigenvalue weighted by molar-refractivity contribution is 7.80. The van der Waals surface area contributed by atoms with E-state index in [4.69, 9.17) is 10.5 Å². The topological polar surface area (TPSA) is 111 Å². The van der Waals surface area contributed by atoms with Crippen LogP contribution in [-0.2, 0) is 16.6 Å². The van der Waals surface area contributed by atoms with Crippen molar-refractivity contribution in [1.29, 1.82) is 0 Å². The Morgan fingerprint density at radius 3 is 2.72 bits per heavy atom. The van der Waals surface area contributed by atoms with Crippen LogP contribution in [0, 0.1) is 0 Å². The number of aryl methyl sites for hydroxylation is 1. The summed E-state index contributed by atoms with van der Waals surface area (Å²) in [5.74, 6) is -1.03. The number of nitrogens with one attached hydrogen (secondary N) is 2. The Morgan fingerprint density at radius 1 is 1.56 bits per heavy atom. The molecule has 0 atom stereocenters. The molecule has 0 aliphatic heterocycles. The molecule has 0 spiro atoms. The van der Waals surface area contributed by atoms with E-state index in [1.54, 1.807) is 7.05 Å². The average Bonchev–Trinajstić information content (AvgIpc) is 2.66. The predicted octanol–water partition coefficient (Wildman–Crippen LogP) is -1.23. The Bertz CT molecular complexity index is 485. The molecule has 18 heavy (non-hydrogen) atoms. The summed E-state index contributed by atoms with van der Waals surface area (Å²) >= 11 is 4.57. The van der Waals surface area contributed by atoms with Gasteiger partial charge in [0.25, 0.3) is 0 Å². The van der Waals surface area contributed by atoms with E-state index in [-0.39, 0.29) is 17.4 Å². The minimum Gasteiger partial charge on any atom is -0.481 e. The summed E-state index contributed by atoms with van der Waals surface area (Å²) in [5, 5.41) is 8.50. The van der Waals surface area contributed by atoms with Crippen LogP contribution in [0.15, 0.2) is 6.07 Å². The van der Waals surface area contributed by atoms with Crippen LogP contribution < -0.4 is 21.1 Å². The van der Waals surface area contributed by atoms with Crippen molar-refractivity contribution in [2.45, 2.75) is 0 Å². The molecule has 0 bridgehead atoms. The molecule has 0 fully saturated rings. The van der Waals surface area contributed by atoms with Crippen molar-refractivity contribution in [2.75, 3.05) is 19.0 Å². The average molecular weight is 271 g/mol. The molecule has 0 aliphatic rings. The monoisotopic (exact) mass is 271 g/mol. The highest BCUT2D eigenvalue weighted by Gasteiger charge is 2.15. The largest absolute Gasteiger partial charge is 0.481 e. The number of anilines is 1. The first-order valence-electron chi connectivity index (χ1n) is 4.89. The number of ether oxygens (including phenoxy) is 1. The number of nitrogens with zero attached hydrogens (tertiary/aromatic N) is 2. The highest BCUT2D eigenvalue weighted by atomic mass is 32.1. The number of aromatic nitrogens is 2. The molecule has 9 heteroatoms. The normalized spacial score (nSPS) is 9.67. The van der Waals surface area contributed by atoms with E-state index >= 15 is 0 Å². The second-order valence-corrected chi connectivity index (χ2v) is 3.82. The van der Waals surface area contributed by atoms with Gasteiger partial charge in [0.1, 0.15) is 0 Å². The minimum absolute atomic E-state index is 0.0346. The van der Waals surface area contributed by atoms with Crippen LogP contribution in [0.1, 0.15) is 0 Å². The van der Waals surface area contributed by atoms with Gasteiger partial charge in [0.15, 0.2) is 5.82 Å². The van der Waals surface area contributed by atoms with Gasteiger partial charge >= 0.3 is 11.8 Å². The first kappa shape index (κ1) is 13.9. The smallest absolute Gasteiger partial charge is 0.314 e. The van der Waals surface area contributed by atoms with Gasteiger partial charge in [-0.1, -0.05) is 12.2 Å². The van der Waals surface area contributed by atoms with Crippen LogP contribution in [0.2, 0.25) is 0 Å². The van der Waals surface area contributed by atoms with Crippen LogP contribution >= 0.6 is 12.2 Å². The maximum atomic E-state index is 11.4. The van der Waals surface area contributed by atoms with E-state index in [0.29, 0.717) is 5.88 Å². The third kappa shape index (κ3) is 3.70. The molecule has 1 rings (SSSR count). The zero-order valence-electron chi connectivity index (χ0n) is 9.89. The molecule has 0 saturated heterocycles. The molecular formula is C9H13N5O3S. The van der Waals surface area contributed by atoms with Crippen molar-refractivity contribution in [2.24, 2.45) is 12.8 Å². The Labute approximate surface area is 108 Å². The summed E-state index contributed by atoms with van der Waals surface area (Å²) in [6.45, 7) is -0.0346. The minimum atomic E-state index is -0.855. The zero-order valence-corrected chi connectivity index (χ0v) is 10.7. The number of rotatable bonds is 4. The number of amides is 2. The molecule has 98 valence electrons. The number of hydrogen-bond acceptors (Lipinski definition) is 5. The van der Waals surface area contributed by atoms with Gasteiger partial charge in [0, 0.05) is 13.1 Å². The fourth-order valence-corrected chi connectivity index (χ4v) is 1.20. The lowest BCUT2D eigenvalue weighted by Crippen LogP contribution is -2.39. The fraction of sp³-hybridized carbons (Fsp3) is 0.333.